The summed E-state index contributed by atoms with van der Waals surface area (Å²) in [7, 11) is 0. The Morgan fingerprint density at radius 2 is 2.35 bits per heavy atom. The number of nitrogen functional groups attached to an aromatic ring is 1. The largest absolute Gasteiger partial charge is 0.395 e. The summed E-state index contributed by atoms with van der Waals surface area (Å²) in [5.41, 5.74) is 2.81. The minimum Gasteiger partial charge on any atom is -0.395 e. The van der Waals surface area contributed by atoms with Crippen molar-refractivity contribution in [2.45, 2.75) is 13.3 Å². The van der Waals surface area contributed by atoms with Gasteiger partial charge in [0.25, 0.3) is 5.91 Å². The van der Waals surface area contributed by atoms with Crippen LogP contribution in [0.4, 0.5) is 5.82 Å². The fraction of sp³-hybridized carbons (Fsp3) is 0.455. The maximum atomic E-state index is 12.2. The summed E-state index contributed by atoms with van der Waals surface area (Å²) in [4.78, 5) is 17.7. The van der Waals surface area contributed by atoms with Crippen LogP contribution in [0.5, 0.6) is 0 Å². The molecule has 0 spiro atoms. The Kier molecular flexibility index (Phi) is 5.38. The lowest BCUT2D eigenvalue weighted by Crippen LogP contribution is -2.35. The molecule has 1 rings (SSSR count). The van der Waals surface area contributed by atoms with Crippen LogP contribution in [0.15, 0.2) is 18.3 Å². The number of aliphatic hydroxyl groups is 1. The van der Waals surface area contributed by atoms with E-state index in [1.807, 2.05) is 6.92 Å². The molecule has 1 aromatic rings. The van der Waals surface area contributed by atoms with E-state index in [0.29, 0.717) is 24.5 Å². The molecule has 0 radical (unpaired) electrons. The number of carbonyl (C=O) groups is 1. The van der Waals surface area contributed by atoms with Gasteiger partial charge in [-0.25, -0.2) is 10.8 Å². The quantitative estimate of drug-likeness (QED) is 0.487. The molecule has 0 unspecified atom stereocenters. The number of nitrogens with zero attached hydrogens (tertiary/aromatic N) is 2. The highest BCUT2D eigenvalue weighted by Crippen LogP contribution is 2.13. The number of rotatable bonds is 6. The normalized spacial score (nSPS) is 10.1. The maximum Gasteiger partial charge on any atom is 0.257 e. The second-order valence-electron chi connectivity index (χ2n) is 3.56. The molecule has 1 amide bonds. The van der Waals surface area contributed by atoms with Crippen LogP contribution in [0, 0.1) is 0 Å². The maximum absolute atomic E-state index is 12.2. The van der Waals surface area contributed by atoms with Gasteiger partial charge >= 0.3 is 0 Å². The van der Waals surface area contributed by atoms with Gasteiger partial charge in [0.1, 0.15) is 0 Å². The third-order valence-electron chi connectivity index (χ3n) is 2.33. The minimum absolute atomic E-state index is 0.0581. The summed E-state index contributed by atoms with van der Waals surface area (Å²) >= 11 is 0. The number of nitrogens with one attached hydrogen (secondary N) is 1. The first-order valence-corrected chi connectivity index (χ1v) is 5.56. The molecule has 0 aliphatic heterocycles. The Morgan fingerprint density at radius 3 is 2.94 bits per heavy atom. The third kappa shape index (κ3) is 3.40. The topological polar surface area (TPSA) is 91.5 Å². The molecule has 17 heavy (non-hydrogen) atoms. The van der Waals surface area contributed by atoms with Gasteiger partial charge in [0.15, 0.2) is 5.82 Å². The second-order valence-corrected chi connectivity index (χ2v) is 3.56. The van der Waals surface area contributed by atoms with E-state index in [1.54, 1.807) is 23.2 Å². The van der Waals surface area contributed by atoms with E-state index in [-0.39, 0.29) is 12.5 Å². The summed E-state index contributed by atoms with van der Waals surface area (Å²) in [5, 5.41) is 8.94. The molecule has 0 saturated heterocycles. The van der Waals surface area contributed by atoms with E-state index < -0.39 is 0 Å². The van der Waals surface area contributed by atoms with Crippen molar-refractivity contribution in [2.24, 2.45) is 5.84 Å². The van der Waals surface area contributed by atoms with Crippen molar-refractivity contribution in [1.29, 1.82) is 0 Å². The Morgan fingerprint density at radius 1 is 1.59 bits per heavy atom. The zero-order valence-electron chi connectivity index (χ0n) is 9.89. The van der Waals surface area contributed by atoms with Crippen LogP contribution < -0.4 is 11.3 Å². The van der Waals surface area contributed by atoms with Crippen molar-refractivity contribution in [3.63, 3.8) is 0 Å². The Balaban J connectivity index is 2.92. The average Bonchev–Trinajstić information content (AvgIpc) is 2.37. The second kappa shape index (κ2) is 6.82. The number of anilines is 1. The van der Waals surface area contributed by atoms with Gasteiger partial charge in [-0.3, -0.25) is 4.79 Å². The smallest absolute Gasteiger partial charge is 0.257 e. The Hall–Kier alpha value is -1.66. The van der Waals surface area contributed by atoms with E-state index in [2.05, 4.69) is 10.4 Å². The number of aliphatic hydroxyl groups excluding tert-OH is 1. The van der Waals surface area contributed by atoms with Crippen molar-refractivity contribution in [1.82, 2.24) is 9.88 Å². The van der Waals surface area contributed by atoms with Gasteiger partial charge in [0.2, 0.25) is 0 Å². The van der Waals surface area contributed by atoms with Crippen molar-refractivity contribution in [3.05, 3.63) is 23.9 Å². The van der Waals surface area contributed by atoms with Crippen LogP contribution in [0.25, 0.3) is 0 Å². The molecular weight excluding hydrogens is 220 g/mol. The summed E-state index contributed by atoms with van der Waals surface area (Å²) in [6, 6.07) is 3.34. The molecule has 0 saturated carbocycles. The Labute approximate surface area is 100 Å². The average molecular weight is 238 g/mol. The minimum atomic E-state index is -0.179. The molecule has 0 fully saturated rings. The fourth-order valence-corrected chi connectivity index (χ4v) is 1.57. The highest BCUT2D eigenvalue weighted by molar-refractivity contribution is 5.98. The van der Waals surface area contributed by atoms with Crippen LogP contribution in [0.3, 0.4) is 0 Å². The first-order valence-electron chi connectivity index (χ1n) is 5.56. The molecule has 94 valence electrons. The summed E-state index contributed by atoms with van der Waals surface area (Å²) < 4.78 is 0. The number of pyridine rings is 1. The molecule has 0 aliphatic rings. The number of carbonyl (C=O) groups excluding carboxylic acids is 1. The summed E-state index contributed by atoms with van der Waals surface area (Å²) in [5.74, 6) is 5.47. The number of amides is 1. The standard InChI is InChI=1S/C11H18N4O2/c1-2-6-15(7-8-16)11(17)9-4-3-5-13-10(9)14-12/h3-5,16H,2,6-8,12H2,1H3,(H,13,14). The predicted molar refractivity (Wildman–Crippen MR) is 65.3 cm³/mol. The number of hydrogen-bond acceptors (Lipinski definition) is 5. The SMILES string of the molecule is CCCN(CCO)C(=O)c1cccnc1NN. The lowest BCUT2D eigenvalue weighted by Gasteiger charge is -2.21. The number of aromatic nitrogens is 1. The van der Waals surface area contributed by atoms with Gasteiger partial charge in [0, 0.05) is 19.3 Å². The van der Waals surface area contributed by atoms with E-state index in [0.717, 1.165) is 6.42 Å². The van der Waals surface area contributed by atoms with Gasteiger partial charge in [-0.05, 0) is 18.6 Å². The molecule has 6 heteroatoms. The number of hydrazine groups is 1. The zero-order valence-corrected chi connectivity index (χ0v) is 9.89. The van der Waals surface area contributed by atoms with E-state index in [4.69, 9.17) is 10.9 Å². The molecule has 0 aromatic carbocycles. The van der Waals surface area contributed by atoms with Crippen LogP contribution in [-0.4, -0.2) is 40.6 Å². The molecule has 6 nitrogen and oxygen atoms in total. The molecule has 1 aromatic heterocycles. The third-order valence-corrected chi connectivity index (χ3v) is 2.33. The molecule has 4 N–H and O–H groups in total. The van der Waals surface area contributed by atoms with Gasteiger partial charge in [0.05, 0.1) is 12.2 Å². The molecular formula is C11H18N4O2. The van der Waals surface area contributed by atoms with Gasteiger partial charge in [-0.15, -0.1) is 0 Å². The molecule has 0 aliphatic carbocycles. The van der Waals surface area contributed by atoms with Crippen LogP contribution >= 0.6 is 0 Å². The Bertz CT molecular complexity index is 364. The van der Waals surface area contributed by atoms with Crippen LogP contribution in [0.2, 0.25) is 0 Å². The predicted octanol–water partition coefficient (Wildman–Crippen LogP) is 0.212. The van der Waals surface area contributed by atoms with Crippen LogP contribution in [0.1, 0.15) is 23.7 Å². The van der Waals surface area contributed by atoms with Gasteiger partial charge in [-0.1, -0.05) is 6.92 Å². The lowest BCUT2D eigenvalue weighted by molar-refractivity contribution is 0.0722. The van der Waals surface area contributed by atoms with Crippen molar-refractivity contribution < 1.29 is 9.90 Å². The van der Waals surface area contributed by atoms with E-state index >= 15 is 0 Å². The highest BCUT2D eigenvalue weighted by atomic mass is 16.3. The lowest BCUT2D eigenvalue weighted by atomic mass is 10.2. The van der Waals surface area contributed by atoms with Crippen LogP contribution in [-0.2, 0) is 0 Å². The number of nitrogens with two attached hydrogens (primary N) is 1. The zero-order chi connectivity index (χ0) is 12.7. The van der Waals surface area contributed by atoms with Crippen molar-refractivity contribution in [2.75, 3.05) is 25.1 Å². The molecule has 0 bridgehead atoms. The molecule has 1 heterocycles. The van der Waals surface area contributed by atoms with Gasteiger partial charge in [-0.2, -0.15) is 0 Å². The first-order chi connectivity index (χ1) is 8.24. The first kappa shape index (κ1) is 13.4. The monoisotopic (exact) mass is 238 g/mol. The van der Waals surface area contributed by atoms with Gasteiger partial charge < -0.3 is 15.4 Å². The van der Waals surface area contributed by atoms with E-state index in [9.17, 15) is 4.79 Å². The van der Waals surface area contributed by atoms with Crippen molar-refractivity contribution in [3.8, 4) is 0 Å². The van der Waals surface area contributed by atoms with E-state index in [1.165, 1.54) is 0 Å². The summed E-state index contributed by atoms with van der Waals surface area (Å²) in [6.45, 7) is 2.82. The van der Waals surface area contributed by atoms with Crippen molar-refractivity contribution >= 4 is 11.7 Å². The molecule has 0 atom stereocenters. The summed E-state index contributed by atoms with van der Waals surface area (Å²) in [6.07, 6.45) is 2.39. The number of hydrogen-bond donors (Lipinski definition) is 3. The highest BCUT2D eigenvalue weighted by Gasteiger charge is 2.17. The fourth-order valence-electron chi connectivity index (χ4n) is 1.57.